The van der Waals surface area contributed by atoms with Crippen LogP contribution in [0.1, 0.15) is 12.0 Å². The maximum atomic E-state index is 11.7. The Morgan fingerprint density at radius 3 is 2.56 bits per heavy atom. The van der Waals surface area contributed by atoms with Crippen molar-refractivity contribution in [2.75, 3.05) is 6.54 Å². The Kier molecular flexibility index (Phi) is 3.65. The summed E-state index contributed by atoms with van der Waals surface area (Å²) in [7, 11) is -4.22. The number of benzene rings is 1. The first-order chi connectivity index (χ1) is 8.47. The molecule has 2 rings (SSSR count). The molecule has 1 aliphatic heterocycles. The molecule has 18 heavy (non-hydrogen) atoms. The van der Waals surface area contributed by atoms with Crippen LogP contribution in [-0.4, -0.2) is 35.9 Å². The molecule has 1 heterocycles. The van der Waals surface area contributed by atoms with Gasteiger partial charge in [-0.3, -0.25) is 9.35 Å². The normalized spacial score (nSPS) is 20.2. The zero-order valence-corrected chi connectivity index (χ0v) is 10.4. The first-order valence-electron chi connectivity index (χ1n) is 5.54. The molecule has 1 atom stereocenters. The van der Waals surface area contributed by atoms with Crippen LogP contribution in [0.3, 0.4) is 0 Å². The van der Waals surface area contributed by atoms with Gasteiger partial charge in [-0.2, -0.15) is 12.7 Å². The lowest BCUT2D eigenvalue weighted by molar-refractivity contribution is -0.122. The average molecular weight is 270 g/mol. The van der Waals surface area contributed by atoms with Crippen LogP contribution in [0.5, 0.6) is 0 Å². The van der Waals surface area contributed by atoms with E-state index in [1.807, 2.05) is 30.3 Å². The number of rotatable bonds is 4. The smallest absolute Gasteiger partial charge is 0.337 e. The summed E-state index contributed by atoms with van der Waals surface area (Å²) >= 11 is 0. The molecule has 1 aromatic carbocycles. The van der Waals surface area contributed by atoms with Crippen LogP contribution in [-0.2, 0) is 21.5 Å². The molecule has 6 nitrogen and oxygen atoms in total. The molecule has 0 aromatic heterocycles. The number of hydrogen-bond donors (Lipinski definition) is 2. The van der Waals surface area contributed by atoms with Crippen LogP contribution >= 0.6 is 0 Å². The highest BCUT2D eigenvalue weighted by atomic mass is 32.2. The van der Waals surface area contributed by atoms with E-state index in [1.54, 1.807) is 0 Å². The summed E-state index contributed by atoms with van der Waals surface area (Å²) < 4.78 is 31.5. The molecule has 1 fully saturated rings. The fourth-order valence-electron chi connectivity index (χ4n) is 1.80. The molecule has 0 saturated carbocycles. The van der Waals surface area contributed by atoms with E-state index in [9.17, 15) is 13.2 Å². The van der Waals surface area contributed by atoms with Crippen molar-refractivity contribution in [3.8, 4) is 0 Å². The number of amides is 1. The highest BCUT2D eigenvalue weighted by Gasteiger charge is 2.37. The van der Waals surface area contributed by atoms with Crippen molar-refractivity contribution in [2.24, 2.45) is 0 Å². The van der Waals surface area contributed by atoms with Gasteiger partial charge in [-0.1, -0.05) is 30.3 Å². The molecule has 1 unspecified atom stereocenters. The molecular formula is C11H14N2O4S. The Bertz CT molecular complexity index is 529. The van der Waals surface area contributed by atoms with E-state index in [2.05, 4.69) is 5.32 Å². The number of carbonyl (C=O) groups is 1. The van der Waals surface area contributed by atoms with Crippen LogP contribution in [0.25, 0.3) is 0 Å². The summed E-state index contributed by atoms with van der Waals surface area (Å²) in [6.07, 6.45) is 0.0768. The van der Waals surface area contributed by atoms with Gasteiger partial charge in [0.1, 0.15) is 0 Å². The highest BCUT2D eigenvalue weighted by Crippen LogP contribution is 2.18. The largest absolute Gasteiger partial charge is 0.339 e. The van der Waals surface area contributed by atoms with E-state index in [0.717, 1.165) is 9.87 Å². The zero-order chi connectivity index (χ0) is 13.2. The maximum Gasteiger partial charge on any atom is 0.337 e. The third-order valence-electron chi connectivity index (χ3n) is 2.80. The third-order valence-corrected chi connectivity index (χ3v) is 3.83. The van der Waals surface area contributed by atoms with Crippen LogP contribution < -0.4 is 5.32 Å². The summed E-state index contributed by atoms with van der Waals surface area (Å²) in [6.45, 7) is 0.231. The second-order valence-electron chi connectivity index (χ2n) is 4.12. The Hall–Kier alpha value is -1.44. The van der Waals surface area contributed by atoms with Crippen molar-refractivity contribution in [1.82, 2.24) is 9.62 Å². The van der Waals surface area contributed by atoms with Gasteiger partial charge >= 0.3 is 10.3 Å². The van der Waals surface area contributed by atoms with Gasteiger partial charge in [-0.05, 0) is 12.0 Å². The van der Waals surface area contributed by atoms with Gasteiger partial charge in [-0.25, -0.2) is 0 Å². The Labute approximate surface area is 105 Å². The predicted molar refractivity (Wildman–Crippen MR) is 64.9 cm³/mol. The highest BCUT2D eigenvalue weighted by molar-refractivity contribution is 7.83. The topological polar surface area (TPSA) is 86.7 Å². The number of nitrogens with zero attached hydrogens (tertiary/aromatic N) is 1. The lowest BCUT2D eigenvalue weighted by atomic mass is 10.1. The number of nitrogens with one attached hydrogen (secondary N) is 1. The predicted octanol–water partition coefficient (Wildman–Crippen LogP) is 0.180. The van der Waals surface area contributed by atoms with Gasteiger partial charge < -0.3 is 5.32 Å². The molecule has 7 heteroatoms. The molecular weight excluding hydrogens is 256 g/mol. The standard InChI is InChI=1S/C11H14N2O4S/c14-11(8-9-4-2-1-3-5-9)12-10-6-7-13(10)18(15,16)17/h1-5,10H,6-8H2,(H,12,14)(H,15,16,17). The minimum atomic E-state index is -4.22. The van der Waals surface area contributed by atoms with Crippen LogP contribution in [0.2, 0.25) is 0 Å². The van der Waals surface area contributed by atoms with Gasteiger partial charge in [0.15, 0.2) is 0 Å². The van der Waals surface area contributed by atoms with Gasteiger partial charge in [0.2, 0.25) is 5.91 Å². The Balaban J connectivity index is 1.89. The second-order valence-corrected chi connectivity index (χ2v) is 5.49. The minimum Gasteiger partial charge on any atom is -0.339 e. The molecule has 0 aliphatic carbocycles. The van der Waals surface area contributed by atoms with Gasteiger partial charge in [0.05, 0.1) is 12.6 Å². The molecule has 98 valence electrons. The SMILES string of the molecule is O=C(Cc1ccccc1)NC1CCN1S(=O)(=O)O. The quantitative estimate of drug-likeness (QED) is 0.764. The lowest BCUT2D eigenvalue weighted by Crippen LogP contribution is -2.59. The van der Waals surface area contributed by atoms with Crippen molar-refractivity contribution in [3.63, 3.8) is 0 Å². The van der Waals surface area contributed by atoms with Crippen molar-refractivity contribution < 1.29 is 17.8 Å². The van der Waals surface area contributed by atoms with Gasteiger partial charge in [-0.15, -0.1) is 0 Å². The number of carbonyl (C=O) groups excluding carboxylic acids is 1. The van der Waals surface area contributed by atoms with Crippen LogP contribution in [0, 0.1) is 0 Å². The van der Waals surface area contributed by atoms with Gasteiger partial charge in [0.25, 0.3) is 0 Å². The van der Waals surface area contributed by atoms with Crippen LogP contribution in [0.15, 0.2) is 30.3 Å². The summed E-state index contributed by atoms with van der Waals surface area (Å²) in [5.74, 6) is -0.264. The molecule has 0 radical (unpaired) electrons. The van der Waals surface area contributed by atoms with Crippen molar-refractivity contribution in [3.05, 3.63) is 35.9 Å². The van der Waals surface area contributed by atoms with E-state index in [0.29, 0.717) is 6.42 Å². The van der Waals surface area contributed by atoms with E-state index in [-0.39, 0.29) is 18.9 Å². The third kappa shape index (κ3) is 3.06. The Morgan fingerprint density at radius 2 is 2.06 bits per heavy atom. The maximum absolute atomic E-state index is 11.7. The second kappa shape index (κ2) is 5.05. The summed E-state index contributed by atoms with van der Waals surface area (Å²) in [6, 6.07) is 9.15. The average Bonchev–Trinajstić information content (AvgIpc) is 2.23. The monoisotopic (exact) mass is 270 g/mol. The number of hydrogen-bond acceptors (Lipinski definition) is 3. The molecule has 0 spiro atoms. The fraction of sp³-hybridized carbons (Fsp3) is 0.364. The molecule has 1 amide bonds. The van der Waals surface area contributed by atoms with Crippen molar-refractivity contribution >= 4 is 16.2 Å². The molecule has 1 saturated heterocycles. The molecule has 2 N–H and O–H groups in total. The molecule has 0 bridgehead atoms. The molecule has 1 aromatic rings. The summed E-state index contributed by atoms with van der Waals surface area (Å²) in [5, 5.41) is 2.57. The Morgan fingerprint density at radius 1 is 1.39 bits per heavy atom. The van der Waals surface area contributed by atoms with Crippen molar-refractivity contribution in [1.29, 1.82) is 0 Å². The fourth-order valence-corrected chi connectivity index (χ4v) is 2.62. The first kappa shape index (κ1) is 13.0. The zero-order valence-electron chi connectivity index (χ0n) is 9.61. The first-order valence-corrected chi connectivity index (χ1v) is 6.94. The van der Waals surface area contributed by atoms with Crippen molar-refractivity contribution in [2.45, 2.75) is 19.0 Å². The van der Waals surface area contributed by atoms with E-state index < -0.39 is 16.5 Å². The summed E-state index contributed by atoms with van der Waals surface area (Å²) in [5.41, 5.74) is 0.854. The summed E-state index contributed by atoms with van der Waals surface area (Å²) in [4.78, 5) is 11.7. The van der Waals surface area contributed by atoms with Crippen LogP contribution in [0.4, 0.5) is 0 Å². The lowest BCUT2D eigenvalue weighted by Gasteiger charge is -2.37. The van der Waals surface area contributed by atoms with E-state index in [1.165, 1.54) is 0 Å². The molecule has 1 aliphatic rings. The van der Waals surface area contributed by atoms with Gasteiger partial charge in [0, 0.05) is 6.54 Å². The minimum absolute atomic E-state index is 0.191. The van der Waals surface area contributed by atoms with E-state index >= 15 is 0 Å². The van der Waals surface area contributed by atoms with E-state index in [4.69, 9.17) is 4.55 Å².